The second-order valence-corrected chi connectivity index (χ2v) is 5.52. The van der Waals surface area contributed by atoms with Gasteiger partial charge in [-0.15, -0.1) is 0 Å². The lowest BCUT2D eigenvalue weighted by atomic mass is 10.4. The van der Waals surface area contributed by atoms with Crippen LogP contribution >= 0.6 is 0 Å². The van der Waals surface area contributed by atoms with E-state index in [1.807, 2.05) is 13.8 Å². The molecule has 0 bridgehead atoms. The van der Waals surface area contributed by atoms with Crippen molar-refractivity contribution in [1.82, 2.24) is 0 Å². The molecule has 0 aromatic carbocycles. The van der Waals surface area contributed by atoms with Gasteiger partial charge in [-0.05, 0) is 13.8 Å². The van der Waals surface area contributed by atoms with Gasteiger partial charge < -0.3 is 46.6 Å². The van der Waals surface area contributed by atoms with Gasteiger partial charge in [-0.1, -0.05) is 0 Å². The monoisotopic (exact) mass is 368 g/mol. The lowest BCUT2D eigenvalue weighted by Crippen LogP contribution is -2.24. The zero-order valence-electron chi connectivity index (χ0n) is 16.0. The van der Waals surface area contributed by atoms with E-state index in [4.69, 9.17) is 46.6 Å². The van der Waals surface area contributed by atoms with Crippen LogP contribution in [0.15, 0.2) is 0 Å². The number of hydrogen-bond acceptors (Lipinski definition) is 9. The first-order chi connectivity index (χ1) is 12.0. The molecule has 0 saturated carbocycles. The van der Waals surface area contributed by atoms with Crippen molar-refractivity contribution in [3.05, 3.63) is 0 Å². The fourth-order valence-corrected chi connectivity index (χ4v) is 1.36. The summed E-state index contributed by atoms with van der Waals surface area (Å²) in [6, 6.07) is 0.166. The maximum Gasteiger partial charge on any atom is 0.0701 e. The van der Waals surface area contributed by atoms with E-state index in [0.717, 1.165) is 0 Å². The van der Waals surface area contributed by atoms with Crippen molar-refractivity contribution in [2.75, 3.05) is 79.2 Å². The highest BCUT2D eigenvalue weighted by atomic mass is 16.5. The minimum absolute atomic E-state index is 0.0828. The van der Waals surface area contributed by atoms with Crippen molar-refractivity contribution < 1.29 is 23.7 Å². The summed E-state index contributed by atoms with van der Waals surface area (Å²) < 4.78 is 25.8. The van der Waals surface area contributed by atoms with Gasteiger partial charge in [-0.2, -0.15) is 0 Å². The minimum atomic E-state index is 0.0828. The van der Waals surface area contributed by atoms with E-state index < -0.39 is 0 Å². The summed E-state index contributed by atoms with van der Waals surface area (Å²) in [4.78, 5) is 0. The lowest BCUT2D eigenvalue weighted by molar-refractivity contribution is 0.0112. The van der Waals surface area contributed by atoms with E-state index in [0.29, 0.717) is 79.2 Å². The molecule has 0 fully saturated rings. The molecule has 0 rings (SSSR count). The first-order valence-corrected chi connectivity index (χ1v) is 8.84. The van der Waals surface area contributed by atoms with E-state index >= 15 is 0 Å². The van der Waals surface area contributed by atoms with Gasteiger partial charge in [-0.25, -0.2) is 0 Å². The maximum atomic E-state index is 5.50. The van der Waals surface area contributed by atoms with Crippen LogP contribution in [0.4, 0.5) is 0 Å². The highest BCUT2D eigenvalue weighted by Gasteiger charge is 1.95. The fourth-order valence-electron chi connectivity index (χ4n) is 1.36. The third-order valence-electron chi connectivity index (χ3n) is 2.40. The van der Waals surface area contributed by atoms with Crippen molar-refractivity contribution in [2.45, 2.75) is 25.9 Å². The molecule has 0 amide bonds. The Kier molecular flexibility index (Phi) is 25.4. The Hall–Kier alpha value is -0.360. The molecule has 0 aromatic heterocycles. The van der Waals surface area contributed by atoms with Crippen molar-refractivity contribution in [3.8, 4) is 0 Å². The molecule has 2 atom stereocenters. The Bertz CT molecular complexity index is 215. The Labute approximate surface area is 152 Å². The van der Waals surface area contributed by atoms with Gasteiger partial charge in [0, 0.05) is 25.2 Å². The smallest absolute Gasteiger partial charge is 0.0701 e. The van der Waals surface area contributed by atoms with E-state index in [9.17, 15) is 0 Å². The van der Waals surface area contributed by atoms with Crippen LogP contribution in [0, 0.1) is 0 Å². The Morgan fingerprint density at radius 1 is 0.520 bits per heavy atom. The highest BCUT2D eigenvalue weighted by Crippen LogP contribution is 1.84. The number of ether oxygens (including phenoxy) is 5. The van der Waals surface area contributed by atoms with Crippen LogP contribution in [0.3, 0.4) is 0 Å². The van der Waals surface area contributed by atoms with E-state index in [1.165, 1.54) is 0 Å². The van der Waals surface area contributed by atoms with Gasteiger partial charge in [-0.3, -0.25) is 0 Å². The zero-order valence-corrected chi connectivity index (χ0v) is 16.0. The molecule has 0 radical (unpaired) electrons. The van der Waals surface area contributed by atoms with Gasteiger partial charge >= 0.3 is 0 Å². The standard InChI is InChI=1S/C10H24N2O3.C6H16N2O2/c1-9(11)7-14-5-3-13-4-6-15-8-10(2)12;7-1-3-9-5-6-10-4-2-8/h9-10H,3-8,11-12H2,1-2H3;1-8H2. The SMILES string of the molecule is CC(N)COCCOCCOCC(C)N.NCCOCCOCCN. The van der Waals surface area contributed by atoms with E-state index in [-0.39, 0.29) is 12.1 Å². The normalized spacial score (nSPS) is 13.2. The minimum Gasteiger partial charge on any atom is -0.378 e. The second kappa shape index (κ2) is 23.6. The molecule has 0 aliphatic rings. The molecule has 25 heavy (non-hydrogen) atoms. The summed E-state index contributed by atoms with van der Waals surface area (Å²) in [6.45, 7) is 10.8. The number of rotatable bonds is 17. The molecule has 2 unspecified atom stereocenters. The maximum absolute atomic E-state index is 5.50. The molecule has 9 nitrogen and oxygen atoms in total. The predicted octanol–water partition coefficient (Wildman–Crippen LogP) is -1.33. The second-order valence-electron chi connectivity index (χ2n) is 5.52. The Morgan fingerprint density at radius 3 is 1.08 bits per heavy atom. The van der Waals surface area contributed by atoms with Crippen molar-refractivity contribution >= 4 is 0 Å². The topological polar surface area (TPSA) is 150 Å². The van der Waals surface area contributed by atoms with Crippen LogP contribution in [-0.4, -0.2) is 91.2 Å². The van der Waals surface area contributed by atoms with Crippen LogP contribution < -0.4 is 22.9 Å². The van der Waals surface area contributed by atoms with Crippen LogP contribution in [-0.2, 0) is 23.7 Å². The molecule has 0 heterocycles. The summed E-state index contributed by atoms with van der Waals surface area (Å²) in [6.07, 6.45) is 0. The van der Waals surface area contributed by atoms with Crippen LogP contribution in [0.5, 0.6) is 0 Å². The van der Waals surface area contributed by atoms with Crippen molar-refractivity contribution in [1.29, 1.82) is 0 Å². The van der Waals surface area contributed by atoms with E-state index in [1.54, 1.807) is 0 Å². The first-order valence-electron chi connectivity index (χ1n) is 8.84. The van der Waals surface area contributed by atoms with Crippen molar-refractivity contribution in [2.24, 2.45) is 22.9 Å². The summed E-state index contributed by atoms with van der Waals surface area (Å²) in [7, 11) is 0. The largest absolute Gasteiger partial charge is 0.378 e. The summed E-state index contributed by atoms with van der Waals surface area (Å²) >= 11 is 0. The zero-order chi connectivity index (χ0) is 19.2. The van der Waals surface area contributed by atoms with Crippen LogP contribution in [0.1, 0.15) is 13.8 Å². The van der Waals surface area contributed by atoms with Gasteiger partial charge in [0.15, 0.2) is 0 Å². The van der Waals surface area contributed by atoms with Gasteiger partial charge in [0.05, 0.1) is 66.1 Å². The lowest BCUT2D eigenvalue weighted by Gasteiger charge is -2.09. The third-order valence-corrected chi connectivity index (χ3v) is 2.40. The molecule has 0 aliphatic carbocycles. The highest BCUT2D eigenvalue weighted by molar-refractivity contribution is 4.49. The molecule has 0 saturated heterocycles. The average molecular weight is 369 g/mol. The van der Waals surface area contributed by atoms with Crippen molar-refractivity contribution in [3.63, 3.8) is 0 Å². The average Bonchev–Trinajstić information content (AvgIpc) is 2.56. The molecule has 0 aromatic rings. The molecule has 154 valence electrons. The van der Waals surface area contributed by atoms with Gasteiger partial charge in [0.2, 0.25) is 0 Å². The fraction of sp³-hybridized carbons (Fsp3) is 1.00. The number of nitrogens with two attached hydrogens (primary N) is 4. The molecule has 9 heteroatoms. The van der Waals surface area contributed by atoms with Gasteiger partial charge in [0.1, 0.15) is 0 Å². The Morgan fingerprint density at radius 2 is 0.800 bits per heavy atom. The molecule has 0 spiro atoms. The molecule has 8 N–H and O–H groups in total. The van der Waals surface area contributed by atoms with Crippen LogP contribution in [0.25, 0.3) is 0 Å². The summed E-state index contributed by atoms with van der Waals surface area (Å²) in [5, 5.41) is 0. The van der Waals surface area contributed by atoms with E-state index in [2.05, 4.69) is 0 Å². The summed E-state index contributed by atoms with van der Waals surface area (Å²) in [5.74, 6) is 0. The summed E-state index contributed by atoms with van der Waals surface area (Å²) in [5.41, 5.74) is 21.4. The number of hydrogen-bond donors (Lipinski definition) is 4. The van der Waals surface area contributed by atoms with Gasteiger partial charge in [0.25, 0.3) is 0 Å². The Balaban J connectivity index is 0. The molecule has 0 aliphatic heterocycles. The first kappa shape index (κ1) is 26.9. The molecular formula is C16H40N4O5. The third kappa shape index (κ3) is 31.9. The quantitative estimate of drug-likeness (QED) is 0.229. The van der Waals surface area contributed by atoms with Crippen LogP contribution in [0.2, 0.25) is 0 Å². The molecular weight excluding hydrogens is 328 g/mol. The predicted molar refractivity (Wildman–Crippen MR) is 99.5 cm³/mol.